The molecule has 2 bridgehead atoms. The zero-order valence-corrected chi connectivity index (χ0v) is 8.11. The largest absolute Gasteiger partial charge is 0.190 e. The predicted octanol–water partition coefficient (Wildman–Crippen LogP) is 2.65. The van der Waals surface area contributed by atoms with Gasteiger partial charge in [0.15, 0.2) is 0 Å². The standard InChI is InChI=1S/C11H16N2/c1-11-7-3-2-6(7)10(11)8-4-5-9(11)13-12-8/h6-10H,2-5H2,1H3/t6?,7-,8?,9-,10?,11-/m0/s1. The van der Waals surface area contributed by atoms with Crippen LogP contribution in [0.2, 0.25) is 0 Å². The van der Waals surface area contributed by atoms with E-state index in [4.69, 9.17) is 0 Å². The topological polar surface area (TPSA) is 24.7 Å². The van der Waals surface area contributed by atoms with Crippen molar-refractivity contribution in [2.75, 3.05) is 0 Å². The van der Waals surface area contributed by atoms with Gasteiger partial charge in [0.25, 0.3) is 0 Å². The Balaban J connectivity index is 1.83. The minimum Gasteiger partial charge on any atom is -0.190 e. The Hall–Kier alpha value is -0.400. The van der Waals surface area contributed by atoms with Crippen molar-refractivity contribution in [3.05, 3.63) is 0 Å². The molecule has 0 spiro atoms. The van der Waals surface area contributed by atoms with E-state index in [1.54, 1.807) is 0 Å². The second-order valence-corrected chi connectivity index (χ2v) is 5.63. The van der Waals surface area contributed by atoms with E-state index in [0.29, 0.717) is 17.5 Å². The fourth-order valence-corrected chi connectivity index (χ4v) is 4.78. The lowest BCUT2D eigenvalue weighted by atomic mass is 9.34. The first kappa shape index (κ1) is 6.97. The molecular weight excluding hydrogens is 160 g/mol. The van der Waals surface area contributed by atoms with E-state index in [1.807, 2.05) is 0 Å². The first-order valence-corrected chi connectivity index (χ1v) is 5.72. The summed E-state index contributed by atoms with van der Waals surface area (Å²) >= 11 is 0. The van der Waals surface area contributed by atoms with E-state index in [-0.39, 0.29) is 0 Å². The summed E-state index contributed by atoms with van der Waals surface area (Å²) in [4.78, 5) is 0. The Kier molecular flexibility index (Phi) is 0.987. The molecule has 0 saturated heterocycles. The van der Waals surface area contributed by atoms with Gasteiger partial charge in [0.2, 0.25) is 0 Å². The number of hydrogen-bond acceptors (Lipinski definition) is 2. The van der Waals surface area contributed by atoms with Gasteiger partial charge in [0.1, 0.15) is 0 Å². The van der Waals surface area contributed by atoms with Crippen LogP contribution in [0.25, 0.3) is 0 Å². The molecule has 0 N–H and O–H groups in total. The number of nitrogens with zero attached hydrogens (tertiary/aromatic N) is 2. The van der Waals surface area contributed by atoms with Crippen LogP contribution < -0.4 is 0 Å². The third-order valence-corrected chi connectivity index (χ3v) is 5.53. The van der Waals surface area contributed by atoms with Crippen molar-refractivity contribution in [3.8, 4) is 0 Å². The maximum absolute atomic E-state index is 4.50. The minimum absolute atomic E-state index is 0.591. The lowest BCUT2D eigenvalue weighted by Crippen LogP contribution is -2.71. The fraction of sp³-hybridized carbons (Fsp3) is 1.00. The van der Waals surface area contributed by atoms with Crippen LogP contribution in [0, 0.1) is 23.2 Å². The smallest absolute Gasteiger partial charge is 0.0768 e. The quantitative estimate of drug-likeness (QED) is 0.542. The SMILES string of the molecule is C[C@@]12C(C3CC[C@@H]1N=N3)C1CC[C@@H]12. The van der Waals surface area contributed by atoms with Crippen LogP contribution in [0.15, 0.2) is 10.2 Å². The van der Waals surface area contributed by atoms with E-state index in [1.165, 1.54) is 25.7 Å². The van der Waals surface area contributed by atoms with Gasteiger partial charge in [-0.15, -0.1) is 0 Å². The van der Waals surface area contributed by atoms with Crippen molar-refractivity contribution in [3.63, 3.8) is 0 Å². The third-order valence-electron chi connectivity index (χ3n) is 5.53. The molecule has 0 amide bonds. The van der Waals surface area contributed by atoms with E-state index in [9.17, 15) is 0 Å². The molecule has 0 aromatic heterocycles. The summed E-state index contributed by atoms with van der Waals surface area (Å²) in [6, 6.07) is 1.22. The molecule has 2 heteroatoms. The normalized spacial score (nSPS) is 66.4. The molecule has 0 radical (unpaired) electrons. The molecule has 2 nitrogen and oxygen atoms in total. The third kappa shape index (κ3) is 0.537. The van der Waals surface area contributed by atoms with Gasteiger partial charge in [-0.05, 0) is 48.9 Å². The van der Waals surface area contributed by atoms with Gasteiger partial charge in [-0.2, -0.15) is 10.2 Å². The van der Waals surface area contributed by atoms with Crippen LogP contribution in [0.3, 0.4) is 0 Å². The number of rotatable bonds is 0. The van der Waals surface area contributed by atoms with Crippen LogP contribution in [0.1, 0.15) is 32.6 Å². The van der Waals surface area contributed by atoms with Gasteiger partial charge in [-0.25, -0.2) is 0 Å². The van der Waals surface area contributed by atoms with Gasteiger partial charge in [0.05, 0.1) is 12.1 Å². The molecule has 3 saturated carbocycles. The van der Waals surface area contributed by atoms with Crippen LogP contribution in [-0.4, -0.2) is 12.1 Å². The lowest BCUT2D eigenvalue weighted by Gasteiger charge is -2.72. The van der Waals surface area contributed by atoms with Gasteiger partial charge >= 0.3 is 0 Å². The second-order valence-electron chi connectivity index (χ2n) is 5.63. The van der Waals surface area contributed by atoms with Crippen molar-refractivity contribution in [2.45, 2.75) is 44.7 Å². The van der Waals surface area contributed by atoms with Crippen molar-refractivity contribution >= 4 is 0 Å². The number of azo groups is 1. The fourth-order valence-electron chi connectivity index (χ4n) is 4.78. The number of fused-ring (bicyclic) bond motifs is 2. The van der Waals surface area contributed by atoms with E-state index in [0.717, 1.165) is 17.8 Å². The average molecular weight is 176 g/mol. The monoisotopic (exact) mass is 176 g/mol. The van der Waals surface area contributed by atoms with Gasteiger partial charge in [0, 0.05) is 0 Å². The highest BCUT2D eigenvalue weighted by atomic mass is 15.2. The van der Waals surface area contributed by atoms with Crippen LogP contribution in [0.4, 0.5) is 0 Å². The molecule has 2 aliphatic heterocycles. The summed E-state index contributed by atoms with van der Waals surface area (Å²) in [5.74, 6) is 3.02. The highest BCUT2D eigenvalue weighted by Crippen LogP contribution is 2.72. The zero-order valence-electron chi connectivity index (χ0n) is 8.11. The van der Waals surface area contributed by atoms with E-state index >= 15 is 0 Å². The second kappa shape index (κ2) is 1.84. The summed E-state index contributed by atoms with van der Waals surface area (Å²) in [5, 5.41) is 8.97. The average Bonchev–Trinajstić information content (AvgIpc) is 2.10. The molecule has 5 aliphatic rings. The van der Waals surface area contributed by atoms with Crippen molar-refractivity contribution in [1.82, 2.24) is 0 Å². The molecule has 0 aromatic carbocycles. The zero-order chi connectivity index (χ0) is 8.63. The Morgan fingerprint density at radius 3 is 2.54 bits per heavy atom. The Labute approximate surface area is 78.8 Å². The minimum atomic E-state index is 0.591. The molecule has 2 heterocycles. The summed E-state index contributed by atoms with van der Waals surface area (Å²) in [6.45, 7) is 2.49. The summed E-state index contributed by atoms with van der Waals surface area (Å²) in [5.41, 5.74) is 0.591. The molecule has 5 rings (SSSR count). The lowest BCUT2D eigenvalue weighted by molar-refractivity contribution is -0.224. The van der Waals surface area contributed by atoms with Crippen LogP contribution in [-0.2, 0) is 0 Å². The Morgan fingerprint density at radius 2 is 2.00 bits per heavy atom. The molecular formula is C11H16N2. The Bertz CT molecular complexity index is 298. The molecule has 3 unspecified atom stereocenters. The van der Waals surface area contributed by atoms with Gasteiger partial charge < -0.3 is 0 Å². The summed E-state index contributed by atoms with van der Waals surface area (Å²) in [6.07, 6.45) is 5.63. The maximum Gasteiger partial charge on any atom is 0.0768 e. The number of hydrogen-bond donors (Lipinski definition) is 0. The van der Waals surface area contributed by atoms with Gasteiger partial charge in [-0.3, -0.25) is 0 Å². The molecule has 70 valence electrons. The first-order valence-electron chi connectivity index (χ1n) is 5.72. The molecule has 6 atom stereocenters. The maximum atomic E-state index is 4.50. The summed E-state index contributed by atoms with van der Waals surface area (Å²) in [7, 11) is 0. The van der Waals surface area contributed by atoms with Crippen LogP contribution in [0.5, 0.6) is 0 Å². The van der Waals surface area contributed by atoms with Crippen molar-refractivity contribution < 1.29 is 0 Å². The van der Waals surface area contributed by atoms with E-state index < -0.39 is 0 Å². The van der Waals surface area contributed by atoms with E-state index in [2.05, 4.69) is 17.2 Å². The Morgan fingerprint density at radius 1 is 1.08 bits per heavy atom. The molecule has 3 aliphatic carbocycles. The van der Waals surface area contributed by atoms with Crippen molar-refractivity contribution in [1.29, 1.82) is 0 Å². The molecule has 3 fully saturated rings. The predicted molar refractivity (Wildman–Crippen MR) is 49.5 cm³/mol. The van der Waals surface area contributed by atoms with Crippen molar-refractivity contribution in [2.24, 2.45) is 33.4 Å². The molecule has 13 heavy (non-hydrogen) atoms. The van der Waals surface area contributed by atoms with Crippen LogP contribution >= 0.6 is 0 Å². The first-order chi connectivity index (χ1) is 6.32. The molecule has 0 aromatic rings. The highest BCUT2D eigenvalue weighted by Gasteiger charge is 2.70. The summed E-state index contributed by atoms with van der Waals surface area (Å²) < 4.78 is 0. The van der Waals surface area contributed by atoms with Gasteiger partial charge in [-0.1, -0.05) is 6.92 Å². The highest BCUT2D eigenvalue weighted by molar-refractivity contribution is 5.21.